The summed E-state index contributed by atoms with van der Waals surface area (Å²) in [6.07, 6.45) is 2.84. The summed E-state index contributed by atoms with van der Waals surface area (Å²) in [6.45, 7) is 2.19. The lowest BCUT2D eigenvalue weighted by Gasteiger charge is -2.22. The quantitative estimate of drug-likeness (QED) is 0.466. The lowest BCUT2D eigenvalue weighted by Crippen LogP contribution is -2.19. The van der Waals surface area contributed by atoms with Gasteiger partial charge in [0.05, 0.1) is 23.6 Å². The Kier molecular flexibility index (Phi) is 5.94. The fourth-order valence-electron chi connectivity index (χ4n) is 3.51. The van der Waals surface area contributed by atoms with Gasteiger partial charge in [-0.3, -0.25) is 0 Å². The number of hydrogen-bond acceptors (Lipinski definition) is 9. The van der Waals surface area contributed by atoms with Gasteiger partial charge in [0, 0.05) is 23.8 Å². The Morgan fingerprint density at radius 2 is 1.97 bits per heavy atom. The molecule has 0 radical (unpaired) electrons. The smallest absolute Gasteiger partial charge is 0.229 e. The van der Waals surface area contributed by atoms with Crippen LogP contribution in [0.3, 0.4) is 0 Å². The van der Waals surface area contributed by atoms with Crippen molar-refractivity contribution in [1.29, 1.82) is 5.26 Å². The van der Waals surface area contributed by atoms with Gasteiger partial charge in [-0.25, -0.2) is 18.8 Å². The van der Waals surface area contributed by atoms with Crippen LogP contribution in [0, 0.1) is 11.3 Å². The van der Waals surface area contributed by atoms with Gasteiger partial charge in [0.25, 0.3) is 0 Å². The molecule has 10 heteroatoms. The number of sulfone groups is 1. The van der Waals surface area contributed by atoms with E-state index in [1.807, 2.05) is 23.1 Å². The number of benzene rings is 2. The van der Waals surface area contributed by atoms with Crippen LogP contribution in [0.2, 0.25) is 0 Å². The summed E-state index contributed by atoms with van der Waals surface area (Å²) in [7, 11) is -3.09. The molecule has 2 aromatic carbocycles. The number of hydrogen-bond donors (Lipinski definition) is 3. The standard InChI is InChI=1S/C22H23N7O2S/c1-15-19-8-7-18(13-20(19)28-27-15)29(12-10-23)21-9-11-24-22(26-21)25-17-5-3-16(4-6-17)14-32(2,30)31/h3-9,11,13,15,27-28H,12,14H2,1-2H3,(H,24,25,26). The third-order valence-corrected chi connectivity index (χ3v) is 5.88. The van der Waals surface area contributed by atoms with Crippen LogP contribution in [0.5, 0.6) is 0 Å². The summed E-state index contributed by atoms with van der Waals surface area (Å²) in [6, 6.07) is 17.2. The highest BCUT2D eigenvalue weighted by molar-refractivity contribution is 7.89. The van der Waals surface area contributed by atoms with Crippen molar-refractivity contribution in [3.05, 3.63) is 65.9 Å². The molecule has 4 rings (SSSR count). The van der Waals surface area contributed by atoms with Gasteiger partial charge in [-0.15, -0.1) is 0 Å². The molecule has 3 aromatic rings. The van der Waals surface area contributed by atoms with Crippen molar-refractivity contribution in [2.24, 2.45) is 0 Å². The molecule has 0 fully saturated rings. The number of nitrogens with one attached hydrogen (secondary N) is 3. The fraction of sp³-hybridized carbons (Fsp3) is 0.227. The van der Waals surface area contributed by atoms with Crippen molar-refractivity contribution < 1.29 is 8.42 Å². The van der Waals surface area contributed by atoms with Gasteiger partial charge < -0.3 is 15.6 Å². The molecule has 32 heavy (non-hydrogen) atoms. The van der Waals surface area contributed by atoms with E-state index >= 15 is 0 Å². The molecule has 1 aromatic heterocycles. The molecular formula is C22H23N7O2S. The molecule has 0 bridgehead atoms. The molecule has 1 aliphatic heterocycles. The van der Waals surface area contributed by atoms with Crippen molar-refractivity contribution in [3.8, 4) is 6.07 Å². The molecule has 0 saturated carbocycles. The maximum Gasteiger partial charge on any atom is 0.229 e. The van der Waals surface area contributed by atoms with Gasteiger partial charge in [0.2, 0.25) is 5.95 Å². The van der Waals surface area contributed by atoms with Crippen molar-refractivity contribution in [2.45, 2.75) is 18.7 Å². The lowest BCUT2D eigenvalue weighted by atomic mass is 10.1. The number of rotatable bonds is 7. The average Bonchev–Trinajstić information content (AvgIpc) is 3.13. The minimum absolute atomic E-state index is 0.00762. The molecule has 164 valence electrons. The number of nitrogens with zero attached hydrogens (tertiary/aromatic N) is 4. The summed E-state index contributed by atoms with van der Waals surface area (Å²) in [4.78, 5) is 10.7. The van der Waals surface area contributed by atoms with Crippen molar-refractivity contribution in [1.82, 2.24) is 15.4 Å². The molecular weight excluding hydrogens is 426 g/mol. The average molecular weight is 450 g/mol. The zero-order valence-corrected chi connectivity index (χ0v) is 18.5. The Bertz CT molecular complexity index is 1270. The SMILES string of the molecule is CC1NNc2cc(N(CC#N)c3ccnc(Nc4ccc(CS(C)(=O)=O)cc4)n3)ccc21. The second-order valence-electron chi connectivity index (χ2n) is 7.64. The first kappa shape index (κ1) is 21.5. The topological polar surface area (TPSA) is 123 Å². The highest BCUT2D eigenvalue weighted by Crippen LogP contribution is 2.34. The Hall–Kier alpha value is -3.68. The molecule has 0 saturated heterocycles. The second-order valence-corrected chi connectivity index (χ2v) is 9.78. The molecule has 9 nitrogen and oxygen atoms in total. The van der Waals surface area contributed by atoms with Gasteiger partial charge in [0.1, 0.15) is 12.4 Å². The van der Waals surface area contributed by atoms with Crippen LogP contribution in [-0.4, -0.2) is 31.2 Å². The fourth-order valence-corrected chi connectivity index (χ4v) is 4.31. The highest BCUT2D eigenvalue weighted by Gasteiger charge is 2.20. The Morgan fingerprint density at radius 1 is 1.19 bits per heavy atom. The van der Waals surface area contributed by atoms with Crippen LogP contribution in [0.15, 0.2) is 54.7 Å². The van der Waals surface area contributed by atoms with E-state index in [0.29, 0.717) is 17.3 Å². The normalized spacial score (nSPS) is 14.8. The first-order valence-corrected chi connectivity index (χ1v) is 12.1. The third-order valence-electron chi connectivity index (χ3n) is 5.02. The van der Waals surface area contributed by atoms with E-state index in [9.17, 15) is 13.7 Å². The number of aromatic nitrogens is 2. The van der Waals surface area contributed by atoms with Crippen LogP contribution in [0.25, 0.3) is 0 Å². The van der Waals surface area contributed by atoms with Gasteiger partial charge in [0.15, 0.2) is 9.84 Å². The third kappa shape index (κ3) is 4.96. The summed E-state index contributed by atoms with van der Waals surface area (Å²) in [5, 5.41) is 12.5. The predicted octanol–water partition coefficient (Wildman–Crippen LogP) is 3.42. The van der Waals surface area contributed by atoms with E-state index in [2.05, 4.69) is 39.1 Å². The lowest BCUT2D eigenvalue weighted by molar-refractivity contribution is 0.601. The number of fused-ring (bicyclic) bond motifs is 1. The van der Waals surface area contributed by atoms with Gasteiger partial charge in [-0.2, -0.15) is 10.2 Å². The van der Waals surface area contributed by atoms with Gasteiger partial charge >= 0.3 is 0 Å². The van der Waals surface area contributed by atoms with Crippen molar-refractivity contribution >= 4 is 38.7 Å². The van der Waals surface area contributed by atoms with Crippen LogP contribution in [-0.2, 0) is 15.6 Å². The highest BCUT2D eigenvalue weighted by atomic mass is 32.2. The van der Waals surface area contributed by atoms with Crippen LogP contribution in [0.1, 0.15) is 24.1 Å². The van der Waals surface area contributed by atoms with Crippen molar-refractivity contribution in [3.63, 3.8) is 0 Å². The molecule has 1 atom stereocenters. The van der Waals surface area contributed by atoms with E-state index in [-0.39, 0.29) is 18.3 Å². The molecule has 2 heterocycles. The van der Waals surface area contributed by atoms with E-state index in [0.717, 1.165) is 22.6 Å². The molecule has 1 unspecified atom stereocenters. The largest absolute Gasteiger partial charge is 0.324 e. The van der Waals surface area contributed by atoms with Crippen LogP contribution in [0.4, 0.5) is 28.8 Å². The van der Waals surface area contributed by atoms with Crippen LogP contribution < -0.4 is 21.1 Å². The first-order chi connectivity index (χ1) is 15.3. The number of anilines is 5. The monoisotopic (exact) mass is 449 g/mol. The summed E-state index contributed by atoms with van der Waals surface area (Å²) in [5.41, 5.74) is 10.7. The predicted molar refractivity (Wildman–Crippen MR) is 125 cm³/mol. The van der Waals surface area contributed by atoms with Gasteiger partial charge in [-0.1, -0.05) is 18.2 Å². The Labute approximate surface area is 187 Å². The molecule has 1 aliphatic rings. The van der Waals surface area contributed by atoms with E-state index < -0.39 is 9.84 Å². The van der Waals surface area contributed by atoms with E-state index in [1.165, 1.54) is 6.26 Å². The first-order valence-electron chi connectivity index (χ1n) is 9.99. The maximum absolute atomic E-state index is 11.5. The summed E-state index contributed by atoms with van der Waals surface area (Å²) >= 11 is 0. The van der Waals surface area contributed by atoms with E-state index in [1.54, 1.807) is 36.5 Å². The Morgan fingerprint density at radius 3 is 2.69 bits per heavy atom. The molecule has 3 N–H and O–H groups in total. The van der Waals surface area contributed by atoms with Gasteiger partial charge in [-0.05, 0) is 48.4 Å². The summed E-state index contributed by atoms with van der Waals surface area (Å²) < 4.78 is 22.9. The maximum atomic E-state index is 11.5. The molecule has 0 aliphatic carbocycles. The zero-order valence-electron chi connectivity index (χ0n) is 17.7. The summed E-state index contributed by atoms with van der Waals surface area (Å²) in [5.74, 6) is 0.944. The Balaban J connectivity index is 1.56. The van der Waals surface area contributed by atoms with Crippen molar-refractivity contribution in [2.75, 3.05) is 28.4 Å². The minimum Gasteiger partial charge on any atom is -0.324 e. The van der Waals surface area contributed by atoms with Crippen LogP contribution >= 0.6 is 0 Å². The molecule has 0 spiro atoms. The number of hydrazine groups is 1. The minimum atomic E-state index is -3.09. The molecule has 0 amide bonds. The number of nitriles is 1. The van der Waals surface area contributed by atoms with E-state index in [4.69, 9.17) is 0 Å². The zero-order chi connectivity index (χ0) is 22.7. The second kappa shape index (κ2) is 8.82.